The van der Waals surface area contributed by atoms with E-state index in [0.29, 0.717) is 30.9 Å². The van der Waals surface area contributed by atoms with Gasteiger partial charge in [0.25, 0.3) is 10.9 Å². The zero-order chi connectivity index (χ0) is 17.7. The van der Waals surface area contributed by atoms with Crippen LogP contribution in [0.3, 0.4) is 0 Å². The number of phenols is 2. The lowest BCUT2D eigenvalue weighted by molar-refractivity contribution is 0.403. The van der Waals surface area contributed by atoms with Gasteiger partial charge in [-0.05, 0) is 51.2 Å². The molecule has 7 heteroatoms. The molecule has 0 heterocycles. The van der Waals surface area contributed by atoms with Crippen LogP contribution in [0.5, 0.6) is 11.5 Å². The normalized spacial score (nSPS) is 11.1. The smallest absolute Gasteiger partial charge is 0.253 e. The Balaban J connectivity index is 1.86. The number of hydrogen-bond donors (Lipinski definition) is 4. The monoisotopic (exact) mass is 333 g/mol. The van der Waals surface area contributed by atoms with Gasteiger partial charge in [-0.2, -0.15) is 0 Å². The molecule has 0 saturated carbocycles. The molecule has 0 amide bonds. The van der Waals surface area contributed by atoms with E-state index in [-0.39, 0.29) is 11.5 Å². The predicted molar refractivity (Wildman–Crippen MR) is 95.0 cm³/mol. The summed E-state index contributed by atoms with van der Waals surface area (Å²) in [5.41, 5.74) is 0.514. The number of phenolic OH excluding ortho intramolecular Hbond substituents is 2. The maximum atomic E-state index is 11.7. The zero-order valence-corrected chi connectivity index (χ0v) is 13.9. The van der Waals surface area contributed by atoms with E-state index in [2.05, 4.69) is 15.5 Å². The SMILES string of the molecule is CN(C)CCCNc1c(NCCc2ccc(O)c(O)c2)c(=O)c1=O. The molecule has 0 aliphatic rings. The average molecular weight is 333 g/mol. The second-order valence-corrected chi connectivity index (χ2v) is 5.99. The largest absolute Gasteiger partial charge is 0.504 e. The summed E-state index contributed by atoms with van der Waals surface area (Å²) in [5.74, 6) is -0.344. The highest BCUT2D eigenvalue weighted by atomic mass is 16.3. The summed E-state index contributed by atoms with van der Waals surface area (Å²) in [5, 5.41) is 24.7. The van der Waals surface area contributed by atoms with Crippen molar-refractivity contribution in [2.45, 2.75) is 12.8 Å². The Bertz CT molecular complexity index is 764. The molecule has 2 aromatic carbocycles. The van der Waals surface area contributed by atoms with Gasteiger partial charge in [-0.3, -0.25) is 9.59 Å². The van der Waals surface area contributed by atoms with Gasteiger partial charge < -0.3 is 25.7 Å². The summed E-state index contributed by atoms with van der Waals surface area (Å²) in [6, 6.07) is 4.58. The molecule has 0 unspecified atom stereocenters. The minimum atomic E-state index is -0.501. The molecule has 0 fully saturated rings. The van der Waals surface area contributed by atoms with Gasteiger partial charge in [-0.1, -0.05) is 6.07 Å². The Morgan fingerprint density at radius 3 is 2.17 bits per heavy atom. The maximum Gasteiger partial charge on any atom is 0.253 e. The van der Waals surface area contributed by atoms with Crippen LogP contribution in [0.4, 0.5) is 11.4 Å². The topological polar surface area (TPSA) is 102 Å². The lowest BCUT2D eigenvalue weighted by Gasteiger charge is -2.16. The number of rotatable bonds is 9. The van der Waals surface area contributed by atoms with Crippen molar-refractivity contribution in [2.24, 2.45) is 0 Å². The molecule has 0 atom stereocenters. The second-order valence-electron chi connectivity index (χ2n) is 5.99. The van der Waals surface area contributed by atoms with Gasteiger partial charge in [0.15, 0.2) is 11.5 Å². The Morgan fingerprint density at radius 2 is 1.58 bits per heavy atom. The third-order valence-corrected chi connectivity index (χ3v) is 3.75. The molecule has 0 radical (unpaired) electrons. The number of nitrogens with one attached hydrogen (secondary N) is 2. The summed E-state index contributed by atoms with van der Waals surface area (Å²) < 4.78 is 0. The molecule has 7 nitrogen and oxygen atoms in total. The summed E-state index contributed by atoms with van der Waals surface area (Å²) in [6.07, 6.45) is 1.42. The third-order valence-electron chi connectivity index (χ3n) is 3.75. The maximum absolute atomic E-state index is 11.7. The van der Waals surface area contributed by atoms with E-state index >= 15 is 0 Å². The van der Waals surface area contributed by atoms with Crippen molar-refractivity contribution in [2.75, 3.05) is 44.4 Å². The van der Waals surface area contributed by atoms with Crippen molar-refractivity contribution in [1.29, 1.82) is 0 Å². The Labute approximate surface area is 140 Å². The minimum absolute atomic E-state index is 0.168. The molecular weight excluding hydrogens is 310 g/mol. The standard InChI is InChI=1S/C17H23N3O4/c1-20(2)9-3-7-18-14-15(17(24)16(14)23)19-8-6-11-4-5-12(21)13(22)10-11/h4-5,10,18-19,21-22H,3,6-9H2,1-2H3. The van der Waals surface area contributed by atoms with E-state index in [4.69, 9.17) is 0 Å². The quantitative estimate of drug-likeness (QED) is 0.304. The fourth-order valence-corrected chi connectivity index (χ4v) is 2.39. The van der Waals surface area contributed by atoms with Crippen LogP contribution in [0.2, 0.25) is 0 Å². The first-order chi connectivity index (χ1) is 11.4. The van der Waals surface area contributed by atoms with Crippen molar-refractivity contribution in [3.8, 4) is 11.5 Å². The summed E-state index contributed by atoms with van der Waals surface area (Å²) in [4.78, 5) is 25.3. The molecule has 130 valence electrons. The molecule has 0 aliphatic carbocycles. The second kappa shape index (κ2) is 7.83. The first-order valence-electron chi connectivity index (χ1n) is 7.86. The van der Waals surface area contributed by atoms with Crippen LogP contribution < -0.4 is 21.5 Å². The highest BCUT2D eigenvalue weighted by Crippen LogP contribution is 2.25. The fraction of sp³-hybridized carbons (Fsp3) is 0.412. The van der Waals surface area contributed by atoms with E-state index in [1.54, 1.807) is 6.07 Å². The van der Waals surface area contributed by atoms with Crippen molar-refractivity contribution >= 4 is 11.4 Å². The van der Waals surface area contributed by atoms with Crippen molar-refractivity contribution in [3.63, 3.8) is 0 Å². The molecule has 0 saturated heterocycles. The number of anilines is 2. The molecular formula is C17H23N3O4. The van der Waals surface area contributed by atoms with E-state index in [1.165, 1.54) is 12.1 Å². The van der Waals surface area contributed by atoms with Crippen LogP contribution in [0.1, 0.15) is 12.0 Å². The number of benzene rings is 1. The van der Waals surface area contributed by atoms with Gasteiger partial charge >= 0.3 is 0 Å². The number of hydrogen-bond acceptors (Lipinski definition) is 7. The Morgan fingerprint density at radius 1 is 0.958 bits per heavy atom. The zero-order valence-electron chi connectivity index (χ0n) is 13.9. The predicted octanol–water partition coefficient (Wildman–Crippen LogP) is 0.712. The van der Waals surface area contributed by atoms with Gasteiger partial charge in [-0.25, -0.2) is 0 Å². The average Bonchev–Trinajstić information content (AvgIpc) is 2.55. The molecule has 24 heavy (non-hydrogen) atoms. The number of nitrogens with zero attached hydrogens (tertiary/aromatic N) is 1. The first kappa shape index (κ1) is 17.8. The van der Waals surface area contributed by atoms with Gasteiger partial charge in [0.1, 0.15) is 11.4 Å². The first-order valence-corrected chi connectivity index (χ1v) is 7.86. The number of aromatic hydroxyl groups is 2. The highest BCUT2D eigenvalue weighted by Gasteiger charge is 2.19. The van der Waals surface area contributed by atoms with E-state index in [0.717, 1.165) is 18.5 Å². The molecule has 0 spiro atoms. The van der Waals surface area contributed by atoms with Crippen LogP contribution in [0.25, 0.3) is 0 Å². The molecule has 0 aliphatic heterocycles. The van der Waals surface area contributed by atoms with Gasteiger partial charge in [0, 0.05) is 13.1 Å². The van der Waals surface area contributed by atoms with Crippen LogP contribution >= 0.6 is 0 Å². The molecule has 2 aromatic rings. The van der Waals surface area contributed by atoms with Crippen LogP contribution in [0, 0.1) is 0 Å². The Hall–Kier alpha value is -2.54. The molecule has 0 bridgehead atoms. The molecule has 2 rings (SSSR count). The van der Waals surface area contributed by atoms with Crippen LogP contribution in [-0.2, 0) is 6.42 Å². The summed E-state index contributed by atoms with van der Waals surface area (Å²) in [6.45, 7) is 1.97. The van der Waals surface area contributed by atoms with Crippen molar-refractivity contribution < 1.29 is 10.2 Å². The highest BCUT2D eigenvalue weighted by molar-refractivity contribution is 5.73. The molecule has 4 N–H and O–H groups in total. The van der Waals surface area contributed by atoms with E-state index in [1.807, 2.05) is 14.1 Å². The fourth-order valence-electron chi connectivity index (χ4n) is 2.39. The van der Waals surface area contributed by atoms with Crippen molar-refractivity contribution in [1.82, 2.24) is 4.90 Å². The van der Waals surface area contributed by atoms with Gasteiger partial charge in [-0.15, -0.1) is 0 Å². The molecule has 0 aromatic heterocycles. The minimum Gasteiger partial charge on any atom is -0.504 e. The van der Waals surface area contributed by atoms with Crippen molar-refractivity contribution in [3.05, 3.63) is 44.2 Å². The van der Waals surface area contributed by atoms with Crippen LogP contribution in [0.15, 0.2) is 27.8 Å². The summed E-state index contributed by atoms with van der Waals surface area (Å²) in [7, 11) is 3.96. The Kier molecular flexibility index (Phi) is 5.81. The lowest BCUT2D eigenvalue weighted by Crippen LogP contribution is -2.38. The third kappa shape index (κ3) is 4.26. The van der Waals surface area contributed by atoms with Gasteiger partial charge in [0.05, 0.1) is 0 Å². The van der Waals surface area contributed by atoms with E-state index < -0.39 is 10.9 Å². The van der Waals surface area contributed by atoms with Crippen LogP contribution in [-0.4, -0.2) is 48.8 Å². The lowest BCUT2D eigenvalue weighted by atomic mass is 10.1. The summed E-state index contributed by atoms with van der Waals surface area (Å²) >= 11 is 0. The van der Waals surface area contributed by atoms with Gasteiger partial charge in [0.2, 0.25) is 0 Å². The van der Waals surface area contributed by atoms with E-state index in [9.17, 15) is 19.8 Å².